The summed E-state index contributed by atoms with van der Waals surface area (Å²) < 4.78 is 0. The Labute approximate surface area is 109 Å². The van der Waals surface area contributed by atoms with Crippen molar-refractivity contribution in [3.05, 3.63) is 34.3 Å². The van der Waals surface area contributed by atoms with Gasteiger partial charge in [-0.25, -0.2) is 0 Å². The van der Waals surface area contributed by atoms with Crippen molar-refractivity contribution in [1.29, 1.82) is 0 Å². The quantitative estimate of drug-likeness (QED) is 0.865. The molecular weight excluding hydrogens is 234 g/mol. The summed E-state index contributed by atoms with van der Waals surface area (Å²) in [4.78, 5) is 0. The van der Waals surface area contributed by atoms with E-state index in [1.807, 2.05) is 52.8 Å². The average molecular weight is 256 g/mol. The topological polar surface area (TPSA) is 32.3 Å². The lowest BCUT2D eigenvalue weighted by Gasteiger charge is -2.38. The fourth-order valence-electron chi connectivity index (χ4n) is 1.39. The summed E-state index contributed by atoms with van der Waals surface area (Å²) in [5, 5.41) is 14.2. The van der Waals surface area contributed by atoms with Gasteiger partial charge in [-0.3, -0.25) is 0 Å². The van der Waals surface area contributed by atoms with Crippen LogP contribution in [0.15, 0.2) is 18.2 Å². The second-order valence-electron chi connectivity index (χ2n) is 5.61. The molecule has 0 aromatic heterocycles. The second-order valence-corrected chi connectivity index (χ2v) is 6.04. The van der Waals surface area contributed by atoms with Gasteiger partial charge in [-0.2, -0.15) is 0 Å². The molecule has 0 amide bonds. The highest BCUT2D eigenvalue weighted by Crippen LogP contribution is 2.22. The van der Waals surface area contributed by atoms with E-state index in [0.717, 1.165) is 17.1 Å². The van der Waals surface area contributed by atoms with Gasteiger partial charge in [0, 0.05) is 17.1 Å². The van der Waals surface area contributed by atoms with E-state index in [1.165, 1.54) is 5.56 Å². The fraction of sp³-hybridized carbons (Fsp3) is 0.571. The normalized spacial score (nSPS) is 12.9. The van der Waals surface area contributed by atoms with E-state index in [1.54, 1.807) is 0 Å². The van der Waals surface area contributed by atoms with E-state index in [9.17, 15) is 5.11 Å². The average Bonchev–Trinajstić information content (AvgIpc) is 2.14. The van der Waals surface area contributed by atoms with E-state index < -0.39 is 5.60 Å². The predicted octanol–water partition coefficient (Wildman–Crippen LogP) is 3.29. The van der Waals surface area contributed by atoms with Crippen LogP contribution in [-0.2, 0) is 6.54 Å². The molecule has 1 aromatic carbocycles. The van der Waals surface area contributed by atoms with Crippen molar-refractivity contribution in [2.24, 2.45) is 0 Å². The molecule has 0 spiro atoms. The molecule has 96 valence electrons. The van der Waals surface area contributed by atoms with Crippen LogP contribution in [0.1, 0.15) is 38.8 Å². The molecule has 0 saturated carbocycles. The number of aryl methyl sites for hydroxylation is 1. The molecule has 0 aliphatic carbocycles. The van der Waals surface area contributed by atoms with Gasteiger partial charge < -0.3 is 10.4 Å². The lowest BCUT2D eigenvalue weighted by molar-refractivity contribution is -0.00534. The number of benzene rings is 1. The van der Waals surface area contributed by atoms with E-state index in [2.05, 4.69) is 5.32 Å². The van der Waals surface area contributed by atoms with Gasteiger partial charge in [0.25, 0.3) is 0 Å². The summed E-state index contributed by atoms with van der Waals surface area (Å²) in [6.07, 6.45) is 0. The van der Waals surface area contributed by atoms with Crippen molar-refractivity contribution >= 4 is 11.6 Å². The van der Waals surface area contributed by atoms with Gasteiger partial charge in [-0.1, -0.05) is 17.7 Å². The Morgan fingerprint density at radius 1 is 1.24 bits per heavy atom. The van der Waals surface area contributed by atoms with Gasteiger partial charge in [0.1, 0.15) is 0 Å². The Morgan fingerprint density at radius 2 is 1.82 bits per heavy atom. The van der Waals surface area contributed by atoms with Gasteiger partial charge in [0.15, 0.2) is 0 Å². The Hall–Kier alpha value is -0.570. The number of rotatable bonds is 4. The maximum absolute atomic E-state index is 10.1. The maximum Gasteiger partial charge on any atom is 0.0767 e. The van der Waals surface area contributed by atoms with Crippen molar-refractivity contribution < 1.29 is 5.11 Å². The molecule has 0 bridgehead atoms. The zero-order valence-corrected chi connectivity index (χ0v) is 12.0. The minimum absolute atomic E-state index is 0.348. The molecule has 0 heterocycles. The van der Waals surface area contributed by atoms with E-state index >= 15 is 0 Å². The highest BCUT2D eigenvalue weighted by Gasteiger charge is 2.34. The van der Waals surface area contributed by atoms with Crippen molar-refractivity contribution in [3.63, 3.8) is 0 Å². The van der Waals surface area contributed by atoms with Crippen LogP contribution < -0.4 is 5.32 Å². The highest BCUT2D eigenvalue weighted by atomic mass is 35.5. The van der Waals surface area contributed by atoms with Gasteiger partial charge in [-0.05, 0) is 57.9 Å². The van der Waals surface area contributed by atoms with Crippen LogP contribution in [-0.4, -0.2) is 16.2 Å². The third-order valence-corrected chi connectivity index (χ3v) is 3.79. The van der Waals surface area contributed by atoms with Crippen LogP contribution in [0.3, 0.4) is 0 Å². The van der Waals surface area contributed by atoms with Crippen molar-refractivity contribution in [1.82, 2.24) is 5.32 Å². The second kappa shape index (κ2) is 4.97. The third-order valence-electron chi connectivity index (χ3n) is 3.55. The molecule has 17 heavy (non-hydrogen) atoms. The smallest absolute Gasteiger partial charge is 0.0767 e. The maximum atomic E-state index is 10.1. The van der Waals surface area contributed by atoms with Crippen LogP contribution in [0.5, 0.6) is 0 Å². The molecule has 0 atom stereocenters. The number of hydrogen-bond donors (Lipinski definition) is 2. The monoisotopic (exact) mass is 255 g/mol. The summed E-state index contributed by atoms with van der Waals surface area (Å²) in [5.74, 6) is 0. The van der Waals surface area contributed by atoms with Crippen molar-refractivity contribution in [2.45, 2.75) is 52.3 Å². The van der Waals surface area contributed by atoms with Crippen molar-refractivity contribution in [3.8, 4) is 0 Å². The molecule has 0 aliphatic rings. The first-order valence-corrected chi connectivity index (χ1v) is 6.24. The third kappa shape index (κ3) is 3.70. The zero-order valence-electron chi connectivity index (χ0n) is 11.3. The Bertz CT molecular complexity index is 394. The lowest BCUT2D eigenvalue weighted by Crippen LogP contribution is -2.55. The molecule has 0 aliphatic heterocycles. The minimum Gasteiger partial charge on any atom is -0.389 e. The number of aliphatic hydroxyl groups is 1. The predicted molar refractivity (Wildman–Crippen MR) is 73.4 cm³/mol. The molecule has 3 heteroatoms. The SMILES string of the molecule is Cc1cc(Cl)ccc1CNC(C)(C)C(C)(C)O. The van der Waals surface area contributed by atoms with Crippen molar-refractivity contribution in [2.75, 3.05) is 0 Å². The van der Waals surface area contributed by atoms with E-state index in [0.29, 0.717) is 0 Å². The molecule has 0 unspecified atom stereocenters. The minimum atomic E-state index is -0.771. The van der Waals surface area contributed by atoms with Gasteiger partial charge >= 0.3 is 0 Å². The number of hydrogen-bond acceptors (Lipinski definition) is 2. The lowest BCUT2D eigenvalue weighted by atomic mass is 9.86. The van der Waals surface area contributed by atoms with E-state index in [-0.39, 0.29) is 5.54 Å². The molecule has 1 aromatic rings. The summed E-state index contributed by atoms with van der Waals surface area (Å²) in [6, 6.07) is 5.86. The number of nitrogens with one attached hydrogen (secondary N) is 1. The fourth-order valence-corrected chi connectivity index (χ4v) is 1.62. The Balaban J connectivity index is 2.74. The van der Waals surface area contributed by atoms with Gasteiger partial charge in [-0.15, -0.1) is 0 Å². The first-order valence-electron chi connectivity index (χ1n) is 5.86. The van der Waals surface area contributed by atoms with Crippen LogP contribution in [0.2, 0.25) is 5.02 Å². The molecule has 0 saturated heterocycles. The Morgan fingerprint density at radius 3 is 2.29 bits per heavy atom. The van der Waals surface area contributed by atoms with Crippen LogP contribution in [0.4, 0.5) is 0 Å². The van der Waals surface area contributed by atoms with Gasteiger partial charge in [0.05, 0.1) is 5.60 Å². The summed E-state index contributed by atoms with van der Waals surface area (Å²) in [6.45, 7) is 10.4. The molecule has 0 radical (unpaired) electrons. The standard InChI is InChI=1S/C14H22ClNO/c1-10-8-12(15)7-6-11(10)9-16-13(2,3)14(4,5)17/h6-8,16-17H,9H2,1-5H3. The summed E-state index contributed by atoms with van der Waals surface area (Å²) >= 11 is 5.92. The summed E-state index contributed by atoms with van der Waals surface area (Å²) in [5.41, 5.74) is 1.25. The molecule has 2 N–H and O–H groups in total. The van der Waals surface area contributed by atoms with E-state index in [4.69, 9.17) is 11.6 Å². The highest BCUT2D eigenvalue weighted by molar-refractivity contribution is 6.30. The largest absolute Gasteiger partial charge is 0.389 e. The molecule has 2 nitrogen and oxygen atoms in total. The van der Waals surface area contributed by atoms with Crippen LogP contribution >= 0.6 is 11.6 Å². The van der Waals surface area contributed by atoms with Gasteiger partial charge in [0.2, 0.25) is 0 Å². The number of halogens is 1. The molecule has 1 rings (SSSR count). The first-order chi connectivity index (χ1) is 7.63. The molecular formula is C14H22ClNO. The summed E-state index contributed by atoms with van der Waals surface area (Å²) in [7, 11) is 0. The molecule has 0 fully saturated rings. The van der Waals surface area contributed by atoms with Crippen LogP contribution in [0, 0.1) is 6.92 Å². The Kier molecular flexibility index (Phi) is 4.23. The van der Waals surface area contributed by atoms with Crippen LogP contribution in [0.25, 0.3) is 0 Å². The first kappa shape index (κ1) is 14.5. The zero-order chi connectivity index (χ0) is 13.3.